The summed E-state index contributed by atoms with van der Waals surface area (Å²) < 4.78 is 17.6. The Labute approximate surface area is 263 Å². The first-order valence-electron chi connectivity index (χ1n) is 15.6. The lowest BCUT2D eigenvalue weighted by Gasteiger charge is -2.38. The molecular formula is C32H44N4O7S. The molecule has 1 aromatic heterocycles. The molecule has 11 nitrogen and oxygen atoms in total. The van der Waals surface area contributed by atoms with Gasteiger partial charge in [0.25, 0.3) is 0 Å². The van der Waals surface area contributed by atoms with Crippen LogP contribution in [0.15, 0.2) is 18.2 Å². The van der Waals surface area contributed by atoms with Crippen LogP contribution < -0.4 is 14.8 Å². The second kappa shape index (κ2) is 13.0. The summed E-state index contributed by atoms with van der Waals surface area (Å²) in [5.41, 5.74) is 1.27. The van der Waals surface area contributed by atoms with E-state index in [1.165, 1.54) is 4.90 Å². The standard InChI is InChI=1S/C32H44N4O7S/c1-17(44)15-32(3,4)27-29(37)36-16-25(18(2)26(36)30(38)39)42-28-22(33-21-12-11-20(41-5)14-23(21)34-28)10-8-6-7-9-19-13-24(19)43-31(40)35-27/h11-12,14,17-19,24-27,44H,6-10,13,15-16H2,1-5H3,(H,35,40)(H,38,39)/t17?,18-,19-,24-,25+,26+,27-/m1/s1. The van der Waals surface area contributed by atoms with Crippen LogP contribution in [-0.4, -0.2) is 81.1 Å². The van der Waals surface area contributed by atoms with E-state index in [9.17, 15) is 19.5 Å². The summed E-state index contributed by atoms with van der Waals surface area (Å²) in [6, 6.07) is 3.30. The third-order valence-electron chi connectivity index (χ3n) is 9.22. The van der Waals surface area contributed by atoms with Crippen LogP contribution >= 0.6 is 12.6 Å². The number of benzene rings is 1. The lowest BCUT2D eigenvalue weighted by atomic mass is 9.79. The molecule has 7 atom stereocenters. The highest BCUT2D eigenvalue weighted by Gasteiger charge is 2.51. The SMILES string of the molecule is COc1ccc2nc3c(nc2c1)O[C@H]1CN(C(=O)[C@H](C(C)(C)CC(C)S)NC(=O)O[C@@H]2C[C@H]2CCCCC3)[C@H](C(=O)O)[C@@H]1C. The lowest BCUT2D eigenvalue weighted by molar-refractivity contribution is -0.151. The highest BCUT2D eigenvalue weighted by Crippen LogP contribution is 2.39. The summed E-state index contributed by atoms with van der Waals surface area (Å²) in [6.45, 7) is 7.45. The Kier molecular flexibility index (Phi) is 9.48. The number of carboxylic acid groups (broad SMARTS) is 1. The van der Waals surface area contributed by atoms with Gasteiger partial charge in [0.05, 0.1) is 24.7 Å². The number of fused-ring (bicyclic) bond motifs is 5. The smallest absolute Gasteiger partial charge is 0.408 e. The van der Waals surface area contributed by atoms with Gasteiger partial charge in [-0.2, -0.15) is 12.6 Å². The lowest BCUT2D eigenvalue weighted by Crippen LogP contribution is -2.58. The molecule has 2 fully saturated rings. The maximum Gasteiger partial charge on any atom is 0.408 e. The van der Waals surface area contributed by atoms with Crippen LogP contribution in [-0.2, 0) is 20.7 Å². The number of alkyl carbamates (subject to hydrolysis) is 1. The molecule has 0 radical (unpaired) electrons. The normalized spacial score (nSPS) is 28.8. The highest BCUT2D eigenvalue weighted by atomic mass is 32.1. The molecule has 44 heavy (non-hydrogen) atoms. The molecule has 2 N–H and O–H groups in total. The first kappa shape index (κ1) is 32.1. The zero-order valence-electron chi connectivity index (χ0n) is 26.1. The van der Waals surface area contributed by atoms with E-state index in [2.05, 4.69) is 17.9 Å². The Morgan fingerprint density at radius 2 is 1.95 bits per heavy atom. The van der Waals surface area contributed by atoms with Gasteiger partial charge >= 0.3 is 12.1 Å². The van der Waals surface area contributed by atoms with Crippen molar-refractivity contribution in [3.05, 3.63) is 23.9 Å². The Hall–Kier alpha value is -3.28. The van der Waals surface area contributed by atoms with Crippen molar-refractivity contribution >= 4 is 41.6 Å². The van der Waals surface area contributed by atoms with Gasteiger partial charge in [0, 0.05) is 12.0 Å². The summed E-state index contributed by atoms with van der Waals surface area (Å²) in [6.07, 6.45) is 4.22. The number of aliphatic carboxylic acids is 1. The van der Waals surface area contributed by atoms with Crippen molar-refractivity contribution in [1.82, 2.24) is 20.2 Å². The average Bonchev–Trinajstić information content (AvgIpc) is 3.60. The number of nitrogens with one attached hydrogen (secondary N) is 1. The zero-order valence-corrected chi connectivity index (χ0v) is 27.0. The van der Waals surface area contributed by atoms with Crippen molar-refractivity contribution in [2.45, 2.75) is 102 Å². The summed E-state index contributed by atoms with van der Waals surface area (Å²) >= 11 is 4.55. The van der Waals surface area contributed by atoms with E-state index in [1.807, 2.05) is 32.9 Å². The quantitative estimate of drug-likeness (QED) is 0.404. The van der Waals surface area contributed by atoms with Gasteiger partial charge in [-0.3, -0.25) is 4.79 Å². The summed E-state index contributed by atoms with van der Waals surface area (Å²) in [5, 5.41) is 13.1. The number of aromatic nitrogens is 2. The van der Waals surface area contributed by atoms with Crippen LogP contribution in [0, 0.1) is 17.3 Å². The van der Waals surface area contributed by atoms with Gasteiger partial charge in [0.2, 0.25) is 11.8 Å². The van der Waals surface area contributed by atoms with Crippen LogP contribution in [0.3, 0.4) is 0 Å². The van der Waals surface area contributed by atoms with E-state index in [0.717, 1.165) is 32.1 Å². The number of amides is 2. The second-order valence-electron chi connectivity index (χ2n) is 13.3. The Balaban J connectivity index is 1.52. The largest absolute Gasteiger partial charge is 0.497 e. The van der Waals surface area contributed by atoms with E-state index in [1.54, 1.807) is 20.1 Å². The Morgan fingerprint density at radius 3 is 2.66 bits per heavy atom. The molecular weight excluding hydrogens is 584 g/mol. The first-order valence-corrected chi connectivity index (χ1v) is 16.1. The van der Waals surface area contributed by atoms with Crippen molar-refractivity contribution in [3.63, 3.8) is 0 Å². The van der Waals surface area contributed by atoms with Crippen molar-refractivity contribution in [1.29, 1.82) is 0 Å². The molecule has 5 rings (SSSR count). The minimum atomic E-state index is -1.16. The van der Waals surface area contributed by atoms with E-state index in [0.29, 0.717) is 47.1 Å². The molecule has 1 unspecified atom stereocenters. The van der Waals surface area contributed by atoms with Crippen LogP contribution in [0.2, 0.25) is 0 Å². The Morgan fingerprint density at radius 1 is 1.18 bits per heavy atom. The van der Waals surface area contributed by atoms with E-state index >= 15 is 0 Å². The number of carbonyl (C=O) groups excluding carboxylic acids is 2. The molecule has 2 bridgehead atoms. The molecule has 0 spiro atoms. The fraction of sp³-hybridized carbons (Fsp3) is 0.656. The van der Waals surface area contributed by atoms with Gasteiger partial charge in [-0.05, 0) is 60.8 Å². The molecule has 2 aromatic rings. The number of aryl methyl sites for hydroxylation is 1. The number of nitrogens with zero attached hydrogens (tertiary/aromatic N) is 3. The van der Waals surface area contributed by atoms with E-state index in [4.69, 9.17) is 24.2 Å². The van der Waals surface area contributed by atoms with Gasteiger partial charge in [0.15, 0.2) is 0 Å². The number of carbonyl (C=O) groups is 3. The monoisotopic (exact) mass is 628 g/mol. The zero-order chi connectivity index (χ0) is 31.8. The topological polar surface area (TPSA) is 140 Å². The van der Waals surface area contributed by atoms with Crippen molar-refractivity contribution in [3.8, 4) is 11.6 Å². The van der Waals surface area contributed by atoms with Crippen molar-refractivity contribution < 1.29 is 33.7 Å². The summed E-state index contributed by atoms with van der Waals surface area (Å²) in [4.78, 5) is 51.0. The molecule has 1 aromatic carbocycles. The number of ether oxygens (including phenoxy) is 3. The van der Waals surface area contributed by atoms with Crippen LogP contribution in [0.5, 0.6) is 11.6 Å². The first-order chi connectivity index (χ1) is 20.9. The summed E-state index contributed by atoms with van der Waals surface area (Å²) in [5.74, 6) is -0.926. The highest BCUT2D eigenvalue weighted by molar-refractivity contribution is 7.80. The molecule has 2 amide bonds. The Bertz CT molecular complexity index is 1400. The molecule has 2 aliphatic heterocycles. The van der Waals surface area contributed by atoms with Gasteiger partial charge in [-0.1, -0.05) is 40.5 Å². The molecule has 3 heterocycles. The van der Waals surface area contributed by atoms with Gasteiger partial charge in [-0.15, -0.1) is 0 Å². The third-order valence-corrected chi connectivity index (χ3v) is 9.40. The van der Waals surface area contributed by atoms with Crippen LogP contribution in [0.25, 0.3) is 11.0 Å². The number of rotatable bonds is 5. The minimum Gasteiger partial charge on any atom is -0.497 e. The fourth-order valence-corrected chi connectivity index (χ4v) is 7.21. The van der Waals surface area contributed by atoms with Gasteiger partial charge in [-0.25, -0.2) is 19.6 Å². The number of hydrogen-bond acceptors (Lipinski definition) is 9. The number of methoxy groups -OCH3 is 1. The summed E-state index contributed by atoms with van der Waals surface area (Å²) in [7, 11) is 1.58. The predicted octanol–water partition coefficient (Wildman–Crippen LogP) is 4.65. The van der Waals surface area contributed by atoms with E-state index < -0.39 is 47.5 Å². The van der Waals surface area contributed by atoms with Gasteiger partial charge < -0.3 is 29.5 Å². The molecule has 1 aliphatic carbocycles. The van der Waals surface area contributed by atoms with Gasteiger partial charge in [0.1, 0.15) is 35.7 Å². The number of thiol groups is 1. The third kappa shape index (κ3) is 7.00. The molecule has 12 heteroatoms. The number of hydrogen-bond donors (Lipinski definition) is 3. The number of carboxylic acids is 1. The van der Waals surface area contributed by atoms with Crippen LogP contribution in [0.4, 0.5) is 4.79 Å². The minimum absolute atomic E-state index is 0.0126. The van der Waals surface area contributed by atoms with Crippen LogP contribution in [0.1, 0.15) is 71.9 Å². The maximum absolute atomic E-state index is 14.3. The maximum atomic E-state index is 14.3. The fourth-order valence-electron chi connectivity index (χ4n) is 6.74. The molecule has 1 saturated heterocycles. The second-order valence-corrected chi connectivity index (χ2v) is 14.2. The van der Waals surface area contributed by atoms with Crippen molar-refractivity contribution in [2.24, 2.45) is 17.3 Å². The average molecular weight is 629 g/mol. The van der Waals surface area contributed by atoms with E-state index in [-0.39, 0.29) is 17.9 Å². The molecule has 240 valence electrons. The molecule has 3 aliphatic rings. The predicted molar refractivity (Wildman–Crippen MR) is 167 cm³/mol. The molecule has 1 saturated carbocycles. The van der Waals surface area contributed by atoms with Crippen molar-refractivity contribution in [2.75, 3.05) is 13.7 Å².